The number of methoxy groups -OCH3 is 1. The number of likely N-dealkylation sites (tertiary alicyclic amines) is 1. The number of piperazine rings is 1. The van der Waals surface area contributed by atoms with Gasteiger partial charge >= 0.3 is 12.2 Å². The number of Topliss-reactive ketones (excluding diaryl/α,β-unsaturated/α-hetero) is 2. The van der Waals surface area contributed by atoms with Crippen LogP contribution in [0.4, 0.5) is 9.59 Å². The van der Waals surface area contributed by atoms with Crippen molar-refractivity contribution >= 4 is 35.6 Å². The van der Waals surface area contributed by atoms with Crippen LogP contribution in [0.2, 0.25) is 0 Å². The van der Waals surface area contributed by atoms with Crippen molar-refractivity contribution in [2.24, 2.45) is 28.3 Å². The average Bonchev–Trinajstić information content (AvgIpc) is 3.49. The molecule has 1 aromatic carbocycles. The third-order valence-electron chi connectivity index (χ3n) is 11.7. The van der Waals surface area contributed by atoms with Crippen molar-refractivity contribution in [2.45, 2.75) is 82.4 Å². The van der Waals surface area contributed by atoms with Crippen LogP contribution in [0.25, 0.3) is 0 Å². The molecule has 2 aliphatic carbocycles. The van der Waals surface area contributed by atoms with Gasteiger partial charge in [0.05, 0.1) is 26.2 Å². The lowest BCUT2D eigenvalue weighted by Crippen LogP contribution is -2.64. The molecule has 6 atom stereocenters. The average molecular weight is 752 g/mol. The van der Waals surface area contributed by atoms with E-state index in [1.54, 1.807) is 14.0 Å². The lowest BCUT2D eigenvalue weighted by atomic mass is 9.53. The number of hydrogen-bond acceptors (Lipinski definition) is 11. The van der Waals surface area contributed by atoms with Crippen LogP contribution in [0.3, 0.4) is 0 Å². The normalized spacial score (nSPS) is 25.7. The smallest absolute Gasteiger partial charge is 0.415 e. The number of nitrogens with zero attached hydrogens (tertiary/aromatic N) is 4. The molecule has 2 saturated heterocycles. The van der Waals surface area contributed by atoms with E-state index in [1.165, 1.54) is 27.9 Å². The van der Waals surface area contributed by atoms with Crippen LogP contribution in [0.5, 0.6) is 11.5 Å². The molecule has 1 spiro atoms. The monoisotopic (exact) mass is 751 g/mol. The summed E-state index contributed by atoms with van der Waals surface area (Å²) in [6, 6.07) is 3.72. The Morgan fingerprint density at radius 2 is 1.93 bits per heavy atom. The SMILES string of the molecule is CCOC(=O)N1CCN(C(=O)OC2=CCC3[C@H]4Cc5ccc(OC)c6c5[C@@]3(CCN4C)C2O6)C(CNC(=O)[C@H](CCCN=C(N)N)CC(=O)CC(C)=O)C1. The molecule has 0 saturated carbocycles. The summed E-state index contributed by atoms with van der Waals surface area (Å²) >= 11 is 0. The Labute approximate surface area is 315 Å². The number of guanidine groups is 1. The molecular weight excluding hydrogens is 698 g/mol. The van der Waals surface area contributed by atoms with E-state index in [0.717, 1.165) is 31.6 Å². The van der Waals surface area contributed by atoms with E-state index in [1.807, 2.05) is 12.1 Å². The van der Waals surface area contributed by atoms with Gasteiger partial charge in [-0.1, -0.05) is 6.07 Å². The molecule has 6 rings (SSSR count). The largest absolute Gasteiger partial charge is 0.493 e. The van der Waals surface area contributed by atoms with Gasteiger partial charge in [0.2, 0.25) is 5.91 Å². The molecule has 3 aliphatic heterocycles. The highest BCUT2D eigenvalue weighted by molar-refractivity contribution is 5.99. The molecule has 16 heteroatoms. The van der Waals surface area contributed by atoms with Gasteiger partial charge < -0.3 is 45.5 Å². The Hall–Kier alpha value is -4.86. The van der Waals surface area contributed by atoms with Crippen LogP contribution in [-0.2, 0) is 35.7 Å². The molecule has 0 aromatic heterocycles. The summed E-state index contributed by atoms with van der Waals surface area (Å²) in [5.41, 5.74) is 12.9. The van der Waals surface area contributed by atoms with Crippen LogP contribution in [0, 0.1) is 11.8 Å². The Morgan fingerprint density at radius 1 is 1.13 bits per heavy atom. The highest BCUT2D eigenvalue weighted by atomic mass is 16.6. The van der Waals surface area contributed by atoms with Gasteiger partial charge in [-0.25, -0.2) is 9.59 Å². The molecule has 5 N–H and O–H groups in total. The van der Waals surface area contributed by atoms with E-state index in [-0.39, 0.29) is 81.0 Å². The Kier molecular flexibility index (Phi) is 11.7. The number of amides is 3. The van der Waals surface area contributed by atoms with Crippen molar-refractivity contribution < 1.29 is 42.9 Å². The van der Waals surface area contributed by atoms with Gasteiger partial charge in [-0.05, 0) is 83.2 Å². The molecule has 54 heavy (non-hydrogen) atoms. The summed E-state index contributed by atoms with van der Waals surface area (Å²) in [6.07, 6.45) is 3.11. The number of ketones is 2. The fourth-order valence-corrected chi connectivity index (χ4v) is 9.23. The number of piperidine rings is 1. The van der Waals surface area contributed by atoms with E-state index in [2.05, 4.69) is 28.3 Å². The number of allylic oxidation sites excluding steroid dienone is 1. The minimum absolute atomic E-state index is 0.0276. The molecule has 2 fully saturated rings. The Bertz CT molecular complexity index is 1710. The topological polar surface area (TPSA) is 208 Å². The Morgan fingerprint density at radius 3 is 2.65 bits per heavy atom. The van der Waals surface area contributed by atoms with Crippen LogP contribution < -0.4 is 26.3 Å². The van der Waals surface area contributed by atoms with Crippen LogP contribution in [0.1, 0.15) is 63.5 Å². The van der Waals surface area contributed by atoms with Gasteiger partial charge in [-0.3, -0.25) is 24.3 Å². The zero-order chi connectivity index (χ0) is 38.7. The number of nitrogens with two attached hydrogens (primary N) is 2. The Balaban J connectivity index is 1.20. The maximum Gasteiger partial charge on any atom is 0.415 e. The van der Waals surface area contributed by atoms with Crippen molar-refractivity contribution in [3.8, 4) is 11.5 Å². The first-order valence-corrected chi connectivity index (χ1v) is 18.9. The van der Waals surface area contributed by atoms with Gasteiger partial charge in [0, 0.05) is 62.1 Å². The van der Waals surface area contributed by atoms with Crippen molar-refractivity contribution in [3.05, 3.63) is 35.1 Å². The second-order valence-electron chi connectivity index (χ2n) is 15.0. The lowest BCUT2D eigenvalue weighted by Gasteiger charge is -2.56. The number of hydrogen-bond donors (Lipinski definition) is 3. The number of rotatable bonds is 14. The van der Waals surface area contributed by atoms with Gasteiger partial charge in [0.1, 0.15) is 17.3 Å². The summed E-state index contributed by atoms with van der Waals surface area (Å²) in [4.78, 5) is 74.3. The highest BCUT2D eigenvalue weighted by Crippen LogP contribution is 2.63. The van der Waals surface area contributed by atoms with E-state index < -0.39 is 36.2 Å². The number of carbonyl (C=O) groups excluding carboxylic acids is 5. The quantitative estimate of drug-likeness (QED) is 0.108. The van der Waals surface area contributed by atoms with Gasteiger partial charge in [0.15, 0.2) is 23.6 Å². The fraction of sp³-hybridized carbons (Fsp3) is 0.632. The maximum absolute atomic E-state index is 14.2. The molecule has 1 aromatic rings. The van der Waals surface area contributed by atoms with E-state index >= 15 is 0 Å². The minimum atomic E-state index is -0.757. The number of ether oxygens (including phenoxy) is 4. The minimum Gasteiger partial charge on any atom is -0.493 e. The van der Waals surface area contributed by atoms with Crippen LogP contribution in [0.15, 0.2) is 29.0 Å². The molecule has 5 aliphatic rings. The van der Waals surface area contributed by atoms with Gasteiger partial charge in [-0.15, -0.1) is 0 Å². The first kappa shape index (κ1) is 38.9. The molecular formula is C38H53N7O9. The summed E-state index contributed by atoms with van der Waals surface area (Å²) in [7, 11) is 3.80. The van der Waals surface area contributed by atoms with E-state index in [4.69, 9.17) is 30.4 Å². The summed E-state index contributed by atoms with van der Waals surface area (Å²) < 4.78 is 24.0. The number of benzene rings is 1. The number of nitrogens with one attached hydrogen (secondary N) is 1. The zero-order valence-corrected chi connectivity index (χ0v) is 31.6. The molecule has 3 unspecified atom stereocenters. The predicted octanol–water partition coefficient (Wildman–Crippen LogP) is 1.86. The highest BCUT2D eigenvalue weighted by Gasteiger charge is 2.65. The second kappa shape index (κ2) is 16.2. The van der Waals surface area contributed by atoms with Crippen molar-refractivity contribution in [1.29, 1.82) is 0 Å². The number of carbonyl (C=O) groups is 5. The third-order valence-corrected chi connectivity index (χ3v) is 11.7. The number of likely N-dealkylation sites (N-methyl/N-ethyl adjacent to an activating group) is 1. The fourth-order valence-electron chi connectivity index (χ4n) is 9.23. The third kappa shape index (κ3) is 7.57. The first-order chi connectivity index (χ1) is 25.9. The summed E-state index contributed by atoms with van der Waals surface area (Å²) in [6.45, 7) is 4.76. The maximum atomic E-state index is 14.2. The molecule has 16 nitrogen and oxygen atoms in total. The van der Waals surface area contributed by atoms with Gasteiger partial charge in [-0.2, -0.15) is 0 Å². The van der Waals surface area contributed by atoms with Crippen LogP contribution >= 0.6 is 0 Å². The second-order valence-corrected chi connectivity index (χ2v) is 15.0. The standard InChI is InChI=1S/C38H53N7O9/c1-5-52-36(49)44-15-16-45(25(21-44)20-42-34(48)24(7-6-13-41-35(39)40)18-26(47)17-22(2)46)37(50)53-30-11-9-27-28-19-23-8-10-29(51-4)32-31(23)38(27,33(30)54-32)12-14-43(28)3/h8,10-11,24-25,27-28,33H,5-7,9,12-21H2,1-4H3,(H,42,48)(H4,39,40,41)/t24-,25?,27?,28-,33?,38+/m1/s1. The molecule has 3 heterocycles. The van der Waals surface area contributed by atoms with E-state index in [9.17, 15) is 24.0 Å². The molecule has 3 amide bonds. The first-order valence-electron chi connectivity index (χ1n) is 18.9. The predicted molar refractivity (Wildman–Crippen MR) is 197 cm³/mol. The molecule has 294 valence electrons. The van der Waals surface area contributed by atoms with Crippen LogP contribution in [-0.4, -0.2) is 129 Å². The summed E-state index contributed by atoms with van der Waals surface area (Å²) in [5, 5.41) is 2.91. The van der Waals surface area contributed by atoms with Crippen molar-refractivity contribution in [1.82, 2.24) is 20.0 Å². The molecule has 0 radical (unpaired) electrons. The molecule has 2 bridgehead atoms. The summed E-state index contributed by atoms with van der Waals surface area (Å²) in [5.74, 6) is 0.203. The van der Waals surface area contributed by atoms with E-state index in [0.29, 0.717) is 30.4 Å². The lowest BCUT2D eigenvalue weighted by molar-refractivity contribution is -0.132. The number of aliphatic imine (C=N–C) groups is 1. The van der Waals surface area contributed by atoms with Crippen molar-refractivity contribution in [3.63, 3.8) is 0 Å². The zero-order valence-electron chi connectivity index (χ0n) is 31.6. The van der Waals surface area contributed by atoms with Crippen molar-refractivity contribution in [2.75, 3.05) is 60.0 Å². The van der Waals surface area contributed by atoms with Gasteiger partial charge in [0.25, 0.3) is 0 Å².